The molecule has 142 valence electrons. The molecule has 0 fully saturated rings. The maximum atomic E-state index is 12.4. The number of rotatable bonds is 10. The highest BCUT2D eigenvalue weighted by molar-refractivity contribution is 7.92. The van der Waals surface area contributed by atoms with Gasteiger partial charge >= 0.3 is 0 Å². The molecule has 5 nitrogen and oxygen atoms in total. The molecule has 0 spiro atoms. The van der Waals surface area contributed by atoms with Crippen molar-refractivity contribution in [3.63, 3.8) is 0 Å². The number of amides is 1. The van der Waals surface area contributed by atoms with Crippen molar-refractivity contribution in [3.8, 4) is 0 Å². The Morgan fingerprint density at radius 3 is 2.48 bits per heavy atom. The Morgan fingerprint density at radius 2 is 1.92 bits per heavy atom. The maximum absolute atomic E-state index is 12.4. The molecule has 0 heterocycles. The number of unbranched alkanes of at least 4 members (excludes halogenated alkanes) is 2. The van der Waals surface area contributed by atoms with E-state index in [1.54, 1.807) is 0 Å². The molecular formula is C19H32N2O3S. The van der Waals surface area contributed by atoms with Crippen LogP contribution in [-0.2, 0) is 14.8 Å². The lowest BCUT2D eigenvalue weighted by molar-refractivity contribution is -0.120. The molecule has 1 N–H and O–H groups in total. The lowest BCUT2D eigenvalue weighted by Gasteiger charge is -2.28. The zero-order chi connectivity index (χ0) is 19.0. The van der Waals surface area contributed by atoms with Gasteiger partial charge in [-0.15, -0.1) is 0 Å². The Hall–Kier alpha value is -1.56. The standard InChI is InChI=1S/C19H32N2O3S/c1-6-7-8-13-20-18(22)12-14-21(25(5,23)24)19-16(4)10-9-11-17(19)15(2)3/h9-11,15H,6-8,12-14H2,1-5H3,(H,20,22). The predicted molar refractivity (Wildman–Crippen MR) is 105 cm³/mol. The van der Waals surface area contributed by atoms with Crippen LogP contribution in [0.25, 0.3) is 0 Å². The average Bonchev–Trinajstić information content (AvgIpc) is 2.51. The van der Waals surface area contributed by atoms with E-state index in [0.717, 1.165) is 30.4 Å². The van der Waals surface area contributed by atoms with Crippen molar-refractivity contribution in [2.45, 2.75) is 59.3 Å². The minimum absolute atomic E-state index is 0.107. The van der Waals surface area contributed by atoms with Crippen LogP contribution >= 0.6 is 0 Å². The van der Waals surface area contributed by atoms with Crippen LogP contribution in [0.15, 0.2) is 18.2 Å². The summed E-state index contributed by atoms with van der Waals surface area (Å²) in [6, 6.07) is 5.80. The lowest BCUT2D eigenvalue weighted by atomic mass is 9.98. The number of benzene rings is 1. The van der Waals surface area contributed by atoms with Gasteiger partial charge in [-0.3, -0.25) is 9.10 Å². The van der Waals surface area contributed by atoms with Crippen LogP contribution in [0.2, 0.25) is 0 Å². The van der Waals surface area contributed by atoms with E-state index in [0.29, 0.717) is 12.2 Å². The molecular weight excluding hydrogens is 336 g/mol. The van der Waals surface area contributed by atoms with Gasteiger partial charge in [-0.1, -0.05) is 51.8 Å². The zero-order valence-corrected chi connectivity index (χ0v) is 16.9. The number of hydrogen-bond donors (Lipinski definition) is 1. The number of nitrogens with one attached hydrogen (secondary N) is 1. The highest BCUT2D eigenvalue weighted by atomic mass is 32.2. The van der Waals surface area contributed by atoms with Gasteiger partial charge in [-0.25, -0.2) is 8.42 Å². The molecule has 0 unspecified atom stereocenters. The number of nitrogens with zero attached hydrogens (tertiary/aromatic N) is 1. The Balaban J connectivity index is 2.93. The van der Waals surface area contributed by atoms with Crippen LogP contribution < -0.4 is 9.62 Å². The molecule has 0 aliphatic heterocycles. The van der Waals surface area contributed by atoms with E-state index in [-0.39, 0.29) is 24.8 Å². The molecule has 0 aliphatic rings. The number of carbonyl (C=O) groups excluding carboxylic acids is 1. The smallest absolute Gasteiger partial charge is 0.232 e. The molecule has 1 rings (SSSR count). The topological polar surface area (TPSA) is 66.5 Å². The first-order chi connectivity index (χ1) is 11.7. The van der Waals surface area contributed by atoms with E-state index in [4.69, 9.17) is 0 Å². The molecule has 0 atom stereocenters. The first kappa shape index (κ1) is 21.5. The van der Waals surface area contributed by atoms with Crippen molar-refractivity contribution < 1.29 is 13.2 Å². The fraction of sp³-hybridized carbons (Fsp3) is 0.632. The van der Waals surface area contributed by atoms with E-state index in [1.807, 2.05) is 39.0 Å². The molecule has 6 heteroatoms. The monoisotopic (exact) mass is 368 g/mol. The summed E-state index contributed by atoms with van der Waals surface area (Å²) >= 11 is 0. The van der Waals surface area contributed by atoms with Gasteiger partial charge in [0.2, 0.25) is 15.9 Å². The van der Waals surface area contributed by atoms with E-state index < -0.39 is 10.0 Å². The Kier molecular flexibility index (Phi) is 8.42. The van der Waals surface area contributed by atoms with Crippen molar-refractivity contribution in [2.24, 2.45) is 0 Å². The molecule has 1 aromatic rings. The minimum Gasteiger partial charge on any atom is -0.356 e. The summed E-state index contributed by atoms with van der Waals surface area (Å²) in [5.41, 5.74) is 2.59. The minimum atomic E-state index is -3.47. The van der Waals surface area contributed by atoms with Crippen LogP contribution in [0.1, 0.15) is 63.5 Å². The van der Waals surface area contributed by atoms with E-state index in [1.165, 1.54) is 10.6 Å². The van der Waals surface area contributed by atoms with Gasteiger partial charge in [0, 0.05) is 19.5 Å². The SMILES string of the molecule is CCCCCNC(=O)CCN(c1c(C)cccc1C(C)C)S(C)(=O)=O. The van der Waals surface area contributed by atoms with Crippen LogP contribution in [0.5, 0.6) is 0 Å². The Morgan fingerprint density at radius 1 is 1.24 bits per heavy atom. The molecule has 0 aliphatic carbocycles. The summed E-state index contributed by atoms with van der Waals surface area (Å²) in [5.74, 6) is 0.0893. The average molecular weight is 369 g/mol. The number of para-hydroxylation sites is 1. The molecule has 0 bridgehead atoms. The van der Waals surface area contributed by atoms with Gasteiger partial charge in [0.15, 0.2) is 0 Å². The van der Waals surface area contributed by atoms with Gasteiger partial charge in [0.1, 0.15) is 0 Å². The highest BCUT2D eigenvalue weighted by Crippen LogP contribution is 2.32. The molecule has 0 saturated heterocycles. The van der Waals surface area contributed by atoms with Crippen molar-refractivity contribution in [3.05, 3.63) is 29.3 Å². The van der Waals surface area contributed by atoms with E-state index in [9.17, 15) is 13.2 Å². The van der Waals surface area contributed by atoms with Crippen LogP contribution in [-0.4, -0.2) is 33.7 Å². The zero-order valence-electron chi connectivity index (χ0n) is 16.1. The Labute approximate surface area is 152 Å². The second kappa shape index (κ2) is 9.80. The highest BCUT2D eigenvalue weighted by Gasteiger charge is 2.23. The quantitative estimate of drug-likeness (QED) is 0.642. The van der Waals surface area contributed by atoms with Gasteiger partial charge in [-0.2, -0.15) is 0 Å². The fourth-order valence-electron chi connectivity index (χ4n) is 2.83. The van der Waals surface area contributed by atoms with Crippen molar-refractivity contribution in [1.82, 2.24) is 5.32 Å². The van der Waals surface area contributed by atoms with Crippen molar-refractivity contribution >= 4 is 21.6 Å². The Bertz CT molecular complexity index is 669. The summed E-state index contributed by atoms with van der Waals surface area (Å²) in [6.07, 6.45) is 4.49. The van der Waals surface area contributed by atoms with Gasteiger partial charge in [-0.05, 0) is 30.4 Å². The molecule has 25 heavy (non-hydrogen) atoms. The van der Waals surface area contributed by atoms with Crippen LogP contribution in [0.3, 0.4) is 0 Å². The maximum Gasteiger partial charge on any atom is 0.232 e. The second-order valence-electron chi connectivity index (χ2n) is 6.81. The number of carbonyl (C=O) groups is 1. The number of hydrogen-bond acceptors (Lipinski definition) is 3. The summed E-state index contributed by atoms with van der Waals surface area (Å²) < 4.78 is 26.1. The number of aryl methyl sites for hydroxylation is 1. The second-order valence-corrected chi connectivity index (χ2v) is 8.72. The molecule has 1 amide bonds. The normalized spacial score (nSPS) is 11.6. The van der Waals surface area contributed by atoms with Gasteiger partial charge < -0.3 is 5.32 Å². The van der Waals surface area contributed by atoms with Crippen LogP contribution in [0.4, 0.5) is 5.69 Å². The molecule has 0 radical (unpaired) electrons. The van der Waals surface area contributed by atoms with Crippen molar-refractivity contribution in [1.29, 1.82) is 0 Å². The first-order valence-electron chi connectivity index (χ1n) is 9.02. The summed E-state index contributed by atoms with van der Waals surface area (Å²) in [7, 11) is -3.47. The summed E-state index contributed by atoms with van der Waals surface area (Å²) in [5, 5.41) is 2.87. The molecule has 1 aromatic carbocycles. The third-order valence-electron chi connectivity index (χ3n) is 4.19. The molecule has 0 aromatic heterocycles. The first-order valence-corrected chi connectivity index (χ1v) is 10.9. The van der Waals surface area contributed by atoms with E-state index >= 15 is 0 Å². The van der Waals surface area contributed by atoms with Gasteiger partial charge in [0.25, 0.3) is 0 Å². The fourth-order valence-corrected chi connectivity index (χ4v) is 3.83. The molecule has 0 saturated carbocycles. The van der Waals surface area contributed by atoms with Gasteiger partial charge in [0.05, 0.1) is 11.9 Å². The number of sulfonamides is 1. The van der Waals surface area contributed by atoms with E-state index in [2.05, 4.69) is 12.2 Å². The lowest BCUT2D eigenvalue weighted by Crippen LogP contribution is -2.36. The third kappa shape index (κ3) is 6.69. The number of anilines is 1. The summed E-state index contributed by atoms with van der Waals surface area (Å²) in [6.45, 7) is 8.90. The predicted octanol–water partition coefficient (Wildman–Crippen LogP) is 3.58. The van der Waals surface area contributed by atoms with Crippen molar-refractivity contribution in [2.75, 3.05) is 23.7 Å². The summed E-state index contributed by atoms with van der Waals surface area (Å²) in [4.78, 5) is 12.0. The third-order valence-corrected chi connectivity index (χ3v) is 5.35. The largest absolute Gasteiger partial charge is 0.356 e. The van der Waals surface area contributed by atoms with Crippen LogP contribution in [0, 0.1) is 6.92 Å².